The number of nitrogens with zero attached hydrogens (tertiary/aromatic N) is 1. The van der Waals surface area contributed by atoms with Crippen LogP contribution in [0.15, 0.2) is 18.2 Å². The molecule has 0 amide bonds. The van der Waals surface area contributed by atoms with Gasteiger partial charge in [-0.15, -0.1) is 0 Å². The number of fused-ring (bicyclic) bond motifs is 3. The van der Waals surface area contributed by atoms with E-state index in [2.05, 4.69) is 35.3 Å². The number of rotatable bonds is 3. The Balaban J connectivity index is 1.84. The van der Waals surface area contributed by atoms with Gasteiger partial charge in [-0.05, 0) is 49.1 Å². The van der Waals surface area contributed by atoms with Crippen molar-refractivity contribution in [1.29, 1.82) is 0 Å². The second-order valence-electron chi connectivity index (χ2n) is 5.65. The fourth-order valence-electron chi connectivity index (χ4n) is 3.59. The number of nitrogens with one attached hydrogen (secondary N) is 1. The lowest BCUT2D eigenvalue weighted by atomic mass is 9.85. The van der Waals surface area contributed by atoms with Crippen molar-refractivity contribution >= 4 is 0 Å². The van der Waals surface area contributed by atoms with Crippen LogP contribution in [0.25, 0.3) is 0 Å². The van der Waals surface area contributed by atoms with Crippen molar-refractivity contribution in [3.63, 3.8) is 0 Å². The van der Waals surface area contributed by atoms with Crippen LogP contribution in [-0.4, -0.2) is 37.7 Å². The minimum Gasteiger partial charge on any atom is -0.497 e. The molecule has 3 rings (SSSR count). The first-order valence-electron chi connectivity index (χ1n) is 7.46. The van der Waals surface area contributed by atoms with Crippen LogP contribution in [0.5, 0.6) is 5.75 Å². The van der Waals surface area contributed by atoms with E-state index in [0.717, 1.165) is 18.7 Å². The second-order valence-corrected chi connectivity index (χ2v) is 5.65. The van der Waals surface area contributed by atoms with Gasteiger partial charge in [-0.3, -0.25) is 4.90 Å². The molecule has 0 saturated carbocycles. The molecule has 1 saturated heterocycles. The molecule has 1 aromatic carbocycles. The first-order chi connectivity index (χ1) is 9.31. The molecule has 2 aliphatic heterocycles. The molecule has 3 heteroatoms. The summed E-state index contributed by atoms with van der Waals surface area (Å²) in [6.07, 6.45) is 3.69. The summed E-state index contributed by atoms with van der Waals surface area (Å²) in [4.78, 5) is 2.66. The van der Waals surface area contributed by atoms with E-state index in [9.17, 15) is 0 Å². The van der Waals surface area contributed by atoms with Gasteiger partial charge in [0, 0.05) is 25.2 Å². The van der Waals surface area contributed by atoms with Gasteiger partial charge in [0.25, 0.3) is 0 Å². The third kappa shape index (κ3) is 2.49. The first-order valence-corrected chi connectivity index (χ1v) is 7.46. The average molecular weight is 260 g/mol. The van der Waals surface area contributed by atoms with Crippen molar-refractivity contribution in [3.8, 4) is 5.75 Å². The topological polar surface area (TPSA) is 24.5 Å². The number of hydrogen-bond acceptors (Lipinski definition) is 3. The lowest BCUT2D eigenvalue weighted by molar-refractivity contribution is 0.116. The SMILES string of the molecule is CCNC1CCN2CCc3cc(OC)ccc3C2C1. The molecular weight excluding hydrogens is 236 g/mol. The highest BCUT2D eigenvalue weighted by molar-refractivity contribution is 5.39. The van der Waals surface area contributed by atoms with Crippen LogP contribution < -0.4 is 10.1 Å². The van der Waals surface area contributed by atoms with E-state index < -0.39 is 0 Å². The smallest absolute Gasteiger partial charge is 0.119 e. The molecule has 3 nitrogen and oxygen atoms in total. The molecule has 1 aromatic rings. The third-order valence-corrected chi connectivity index (χ3v) is 4.58. The number of piperidine rings is 1. The Morgan fingerprint density at radius 3 is 3.05 bits per heavy atom. The monoisotopic (exact) mass is 260 g/mol. The van der Waals surface area contributed by atoms with E-state index in [1.54, 1.807) is 7.11 Å². The summed E-state index contributed by atoms with van der Waals surface area (Å²) < 4.78 is 5.35. The molecule has 0 aliphatic carbocycles. The van der Waals surface area contributed by atoms with Crippen LogP contribution in [0, 0.1) is 0 Å². The van der Waals surface area contributed by atoms with Gasteiger partial charge < -0.3 is 10.1 Å². The van der Waals surface area contributed by atoms with Crippen LogP contribution in [0.1, 0.15) is 36.9 Å². The maximum absolute atomic E-state index is 5.35. The maximum Gasteiger partial charge on any atom is 0.119 e. The van der Waals surface area contributed by atoms with Gasteiger partial charge >= 0.3 is 0 Å². The average Bonchev–Trinajstić information content (AvgIpc) is 2.46. The van der Waals surface area contributed by atoms with E-state index in [1.807, 2.05) is 0 Å². The Labute approximate surface area is 115 Å². The van der Waals surface area contributed by atoms with Gasteiger partial charge in [0.15, 0.2) is 0 Å². The summed E-state index contributed by atoms with van der Waals surface area (Å²) in [6.45, 7) is 5.70. The van der Waals surface area contributed by atoms with E-state index in [-0.39, 0.29) is 0 Å². The fraction of sp³-hybridized carbons (Fsp3) is 0.625. The molecule has 104 valence electrons. The quantitative estimate of drug-likeness (QED) is 0.903. The molecule has 1 fully saturated rings. The van der Waals surface area contributed by atoms with E-state index >= 15 is 0 Å². The van der Waals surface area contributed by atoms with Gasteiger partial charge in [-0.2, -0.15) is 0 Å². The third-order valence-electron chi connectivity index (χ3n) is 4.58. The highest BCUT2D eigenvalue weighted by Gasteiger charge is 2.33. The molecule has 2 unspecified atom stereocenters. The van der Waals surface area contributed by atoms with Crippen molar-refractivity contribution < 1.29 is 4.74 Å². The minimum atomic E-state index is 0.604. The van der Waals surface area contributed by atoms with Gasteiger partial charge in [0.1, 0.15) is 5.75 Å². The summed E-state index contributed by atoms with van der Waals surface area (Å²) in [5.41, 5.74) is 3.01. The molecule has 0 spiro atoms. The zero-order valence-electron chi connectivity index (χ0n) is 12.0. The number of methoxy groups -OCH3 is 1. The predicted octanol–water partition coefficient (Wildman–Crippen LogP) is 2.37. The van der Waals surface area contributed by atoms with Crippen molar-refractivity contribution in [2.45, 2.75) is 38.3 Å². The van der Waals surface area contributed by atoms with Crippen LogP contribution in [0.2, 0.25) is 0 Å². The largest absolute Gasteiger partial charge is 0.497 e. The molecule has 19 heavy (non-hydrogen) atoms. The predicted molar refractivity (Wildman–Crippen MR) is 77.7 cm³/mol. The summed E-state index contributed by atoms with van der Waals surface area (Å²) in [5, 5.41) is 3.62. The fourth-order valence-corrected chi connectivity index (χ4v) is 3.59. The molecule has 2 heterocycles. The van der Waals surface area contributed by atoms with Gasteiger partial charge in [-0.25, -0.2) is 0 Å². The Hall–Kier alpha value is -1.06. The lowest BCUT2D eigenvalue weighted by Crippen LogP contribution is -2.46. The lowest BCUT2D eigenvalue weighted by Gasteiger charge is -2.43. The zero-order chi connectivity index (χ0) is 13.2. The van der Waals surface area contributed by atoms with Gasteiger partial charge in [-0.1, -0.05) is 13.0 Å². The normalized spacial score (nSPS) is 26.6. The van der Waals surface area contributed by atoms with Crippen LogP contribution in [-0.2, 0) is 6.42 Å². The highest BCUT2D eigenvalue weighted by Crippen LogP contribution is 2.37. The van der Waals surface area contributed by atoms with E-state index in [4.69, 9.17) is 4.74 Å². The summed E-state index contributed by atoms with van der Waals surface area (Å²) in [5.74, 6) is 0.992. The molecule has 1 N–H and O–H groups in total. The molecule has 0 bridgehead atoms. The van der Waals surface area contributed by atoms with Gasteiger partial charge in [0.2, 0.25) is 0 Å². The van der Waals surface area contributed by atoms with Crippen LogP contribution in [0.3, 0.4) is 0 Å². The van der Waals surface area contributed by atoms with Crippen LogP contribution >= 0.6 is 0 Å². The highest BCUT2D eigenvalue weighted by atomic mass is 16.5. The minimum absolute atomic E-state index is 0.604. The number of benzene rings is 1. The zero-order valence-corrected chi connectivity index (χ0v) is 12.0. The standard InChI is InChI=1S/C16H24N2O/c1-3-17-13-7-9-18-8-6-12-10-14(19-2)4-5-15(12)16(18)11-13/h4-5,10,13,16-17H,3,6-9,11H2,1-2H3. The Bertz CT molecular complexity index is 446. The second kappa shape index (κ2) is 5.51. The molecule has 0 aromatic heterocycles. The number of ether oxygens (including phenoxy) is 1. The summed E-state index contributed by atoms with van der Waals surface area (Å²) >= 11 is 0. The summed E-state index contributed by atoms with van der Waals surface area (Å²) in [6, 6.07) is 7.90. The molecule has 0 radical (unpaired) electrons. The molecular formula is C16H24N2O. The Kier molecular flexibility index (Phi) is 3.76. The number of hydrogen-bond donors (Lipinski definition) is 1. The summed E-state index contributed by atoms with van der Waals surface area (Å²) in [7, 11) is 1.75. The maximum atomic E-state index is 5.35. The van der Waals surface area contributed by atoms with Gasteiger partial charge in [0.05, 0.1) is 7.11 Å². The van der Waals surface area contributed by atoms with Crippen LogP contribution in [0.4, 0.5) is 0 Å². The van der Waals surface area contributed by atoms with Crippen molar-refractivity contribution in [2.24, 2.45) is 0 Å². The van der Waals surface area contributed by atoms with E-state index in [0.29, 0.717) is 12.1 Å². The molecule has 2 atom stereocenters. The van der Waals surface area contributed by atoms with Crippen molar-refractivity contribution in [2.75, 3.05) is 26.7 Å². The molecule has 2 aliphatic rings. The van der Waals surface area contributed by atoms with Crippen molar-refractivity contribution in [1.82, 2.24) is 10.2 Å². The first kappa shape index (κ1) is 12.9. The Morgan fingerprint density at radius 2 is 2.26 bits per heavy atom. The van der Waals surface area contributed by atoms with Crippen molar-refractivity contribution in [3.05, 3.63) is 29.3 Å². The van der Waals surface area contributed by atoms with E-state index in [1.165, 1.54) is 37.1 Å². The Morgan fingerprint density at radius 1 is 1.37 bits per heavy atom.